The van der Waals surface area contributed by atoms with E-state index in [4.69, 9.17) is 19.1 Å². The molecule has 1 amide bonds. The topological polar surface area (TPSA) is 98.3 Å². The summed E-state index contributed by atoms with van der Waals surface area (Å²) in [5, 5.41) is 7.59. The lowest BCUT2D eigenvalue weighted by Gasteiger charge is -2.27. The van der Waals surface area contributed by atoms with Crippen molar-refractivity contribution in [3.8, 4) is 17.1 Å². The molecule has 1 aliphatic carbocycles. The van der Waals surface area contributed by atoms with Crippen LogP contribution in [-0.4, -0.2) is 58.0 Å². The minimum absolute atomic E-state index is 0.125. The third kappa shape index (κ3) is 4.39. The molecule has 3 aromatic heterocycles. The highest BCUT2D eigenvalue weighted by Crippen LogP contribution is 2.33. The van der Waals surface area contributed by atoms with Gasteiger partial charge in [0, 0.05) is 37.0 Å². The molecular formula is C26H28N6O3. The highest BCUT2D eigenvalue weighted by molar-refractivity contribution is 5.97. The van der Waals surface area contributed by atoms with Crippen LogP contribution in [0.1, 0.15) is 35.9 Å². The van der Waals surface area contributed by atoms with Crippen LogP contribution < -0.4 is 10.2 Å². The molecule has 1 aromatic carbocycles. The van der Waals surface area contributed by atoms with Gasteiger partial charge < -0.3 is 19.4 Å². The maximum absolute atomic E-state index is 12.9. The van der Waals surface area contributed by atoms with Gasteiger partial charge in [-0.25, -0.2) is 9.67 Å². The molecule has 4 aromatic rings. The second-order valence-corrected chi connectivity index (χ2v) is 9.41. The number of hydrogen-bond acceptors (Lipinski definition) is 7. The number of morpholine rings is 1. The highest BCUT2D eigenvalue weighted by Gasteiger charge is 2.30. The molecule has 1 N–H and O–H groups in total. The van der Waals surface area contributed by atoms with E-state index in [2.05, 4.69) is 40.4 Å². The van der Waals surface area contributed by atoms with Crippen molar-refractivity contribution in [2.75, 3.05) is 31.2 Å². The molecule has 1 unspecified atom stereocenters. The molecule has 1 saturated heterocycles. The number of amides is 1. The zero-order valence-electron chi connectivity index (χ0n) is 19.9. The Morgan fingerprint density at radius 3 is 2.74 bits per heavy atom. The Morgan fingerprint density at radius 2 is 1.97 bits per heavy atom. The number of nitrogens with zero attached hydrogens (tertiary/aromatic N) is 5. The van der Waals surface area contributed by atoms with Crippen LogP contribution in [0.25, 0.3) is 28.2 Å². The van der Waals surface area contributed by atoms with Crippen molar-refractivity contribution in [1.82, 2.24) is 25.1 Å². The second kappa shape index (κ2) is 8.81. The van der Waals surface area contributed by atoms with E-state index in [1.54, 1.807) is 10.7 Å². The molecule has 0 bridgehead atoms. The quantitative estimate of drug-likeness (QED) is 0.456. The van der Waals surface area contributed by atoms with Crippen molar-refractivity contribution in [2.24, 2.45) is 5.92 Å². The zero-order chi connectivity index (χ0) is 23.9. The summed E-state index contributed by atoms with van der Waals surface area (Å²) in [6.45, 7) is 6.68. The number of ether oxygens (including phenoxy) is 1. The SMILES string of the molecule is Cc1cccc(-c2cnn(-c3nc(N4CCOCC4)c4oc(C(=O)NC(C)C5CC5)cc4n3)c2)c1. The molecule has 180 valence electrons. The summed E-state index contributed by atoms with van der Waals surface area (Å²) >= 11 is 0. The standard InChI is InChI=1S/C26H28N6O3/c1-16-4-3-5-19(12-16)20-14-27-32(15-20)26-29-21-13-22(25(33)28-17(2)18-6-7-18)35-23(21)24(30-26)31-8-10-34-11-9-31/h3-5,12-15,17-18H,6-11H2,1-2H3,(H,28,33). The van der Waals surface area contributed by atoms with E-state index < -0.39 is 0 Å². The molecule has 1 saturated carbocycles. The van der Waals surface area contributed by atoms with Gasteiger partial charge in [-0.3, -0.25) is 4.79 Å². The van der Waals surface area contributed by atoms with Gasteiger partial charge in [0.15, 0.2) is 17.2 Å². The monoisotopic (exact) mass is 472 g/mol. The Kier molecular flexibility index (Phi) is 5.49. The molecule has 4 heterocycles. The van der Waals surface area contributed by atoms with Crippen molar-refractivity contribution >= 4 is 22.8 Å². The van der Waals surface area contributed by atoms with Gasteiger partial charge in [0.2, 0.25) is 0 Å². The maximum atomic E-state index is 12.9. The second-order valence-electron chi connectivity index (χ2n) is 9.41. The lowest BCUT2D eigenvalue weighted by molar-refractivity contribution is 0.0910. The Hall–Kier alpha value is -3.72. The van der Waals surface area contributed by atoms with Gasteiger partial charge in [0.25, 0.3) is 11.9 Å². The number of hydrogen-bond donors (Lipinski definition) is 1. The average Bonchev–Trinajstić information content (AvgIpc) is 3.44. The predicted molar refractivity (Wildman–Crippen MR) is 132 cm³/mol. The molecule has 0 spiro atoms. The van der Waals surface area contributed by atoms with Crippen LogP contribution in [0.5, 0.6) is 0 Å². The summed E-state index contributed by atoms with van der Waals surface area (Å²) in [4.78, 5) is 24.5. The van der Waals surface area contributed by atoms with Crippen LogP contribution in [0.4, 0.5) is 5.82 Å². The number of benzene rings is 1. The number of furan rings is 1. The number of rotatable bonds is 6. The Balaban J connectivity index is 1.39. The van der Waals surface area contributed by atoms with Crippen LogP contribution in [0, 0.1) is 12.8 Å². The fraction of sp³-hybridized carbons (Fsp3) is 0.385. The zero-order valence-corrected chi connectivity index (χ0v) is 19.9. The van der Waals surface area contributed by atoms with Crippen LogP contribution in [-0.2, 0) is 4.74 Å². The average molecular weight is 473 g/mol. The summed E-state index contributed by atoms with van der Waals surface area (Å²) in [6.07, 6.45) is 6.05. The maximum Gasteiger partial charge on any atom is 0.287 e. The first-order valence-electron chi connectivity index (χ1n) is 12.1. The first kappa shape index (κ1) is 21.8. The molecule has 2 fully saturated rings. The Labute approximate surface area is 203 Å². The van der Waals surface area contributed by atoms with Gasteiger partial charge in [-0.05, 0) is 38.2 Å². The summed E-state index contributed by atoms with van der Waals surface area (Å²) in [6, 6.07) is 10.1. The molecule has 6 rings (SSSR count). The van der Waals surface area contributed by atoms with Gasteiger partial charge in [-0.1, -0.05) is 29.8 Å². The number of aromatic nitrogens is 4. The van der Waals surface area contributed by atoms with Crippen LogP contribution >= 0.6 is 0 Å². The summed E-state index contributed by atoms with van der Waals surface area (Å²) in [5.41, 5.74) is 4.33. The lowest BCUT2D eigenvalue weighted by Crippen LogP contribution is -2.37. The van der Waals surface area contributed by atoms with Crippen molar-refractivity contribution in [1.29, 1.82) is 0 Å². The third-order valence-corrected chi connectivity index (χ3v) is 6.70. The van der Waals surface area contributed by atoms with Gasteiger partial charge in [0.05, 0.1) is 19.4 Å². The van der Waals surface area contributed by atoms with E-state index in [9.17, 15) is 4.79 Å². The van der Waals surface area contributed by atoms with E-state index in [0.717, 1.165) is 24.0 Å². The number of fused-ring (bicyclic) bond motifs is 1. The largest absolute Gasteiger partial charge is 0.445 e. The smallest absolute Gasteiger partial charge is 0.287 e. The minimum atomic E-state index is -0.224. The molecule has 35 heavy (non-hydrogen) atoms. The van der Waals surface area contributed by atoms with E-state index in [0.29, 0.717) is 55.1 Å². The molecular weight excluding hydrogens is 444 g/mol. The summed E-state index contributed by atoms with van der Waals surface area (Å²) in [7, 11) is 0. The Morgan fingerprint density at radius 1 is 1.14 bits per heavy atom. The molecule has 9 heteroatoms. The first-order valence-corrected chi connectivity index (χ1v) is 12.1. The number of carbonyl (C=O) groups is 1. The van der Waals surface area contributed by atoms with Crippen LogP contribution in [0.3, 0.4) is 0 Å². The molecule has 1 atom stereocenters. The van der Waals surface area contributed by atoms with E-state index in [1.165, 1.54) is 5.56 Å². The Bertz CT molecular complexity index is 1380. The van der Waals surface area contributed by atoms with Gasteiger partial charge in [-0.2, -0.15) is 10.1 Å². The molecule has 9 nitrogen and oxygen atoms in total. The predicted octanol–water partition coefficient (Wildman–Crippen LogP) is 3.75. The number of nitrogens with one attached hydrogen (secondary N) is 1. The fourth-order valence-electron chi connectivity index (χ4n) is 4.50. The van der Waals surface area contributed by atoms with Gasteiger partial charge >= 0.3 is 0 Å². The van der Waals surface area contributed by atoms with Gasteiger partial charge in [-0.15, -0.1) is 0 Å². The van der Waals surface area contributed by atoms with Crippen molar-refractivity contribution in [3.05, 3.63) is 54.0 Å². The van der Waals surface area contributed by atoms with Crippen molar-refractivity contribution in [3.63, 3.8) is 0 Å². The summed E-state index contributed by atoms with van der Waals surface area (Å²) in [5.74, 6) is 1.65. The van der Waals surface area contributed by atoms with Crippen molar-refractivity contribution < 1.29 is 13.9 Å². The minimum Gasteiger partial charge on any atom is -0.445 e. The van der Waals surface area contributed by atoms with E-state index in [1.807, 2.05) is 25.4 Å². The van der Waals surface area contributed by atoms with Crippen LogP contribution in [0.2, 0.25) is 0 Å². The third-order valence-electron chi connectivity index (χ3n) is 6.70. The normalized spacial score (nSPS) is 17.0. The summed E-state index contributed by atoms with van der Waals surface area (Å²) < 4.78 is 13.2. The van der Waals surface area contributed by atoms with E-state index in [-0.39, 0.29) is 17.7 Å². The molecule has 0 radical (unpaired) electrons. The highest BCUT2D eigenvalue weighted by atomic mass is 16.5. The lowest BCUT2D eigenvalue weighted by atomic mass is 10.1. The van der Waals surface area contributed by atoms with Gasteiger partial charge in [0.1, 0.15) is 5.52 Å². The van der Waals surface area contributed by atoms with Crippen LogP contribution in [0.15, 0.2) is 47.1 Å². The fourth-order valence-corrected chi connectivity index (χ4v) is 4.50. The van der Waals surface area contributed by atoms with E-state index >= 15 is 0 Å². The number of aryl methyl sites for hydroxylation is 1. The number of carbonyl (C=O) groups excluding carboxylic acids is 1. The first-order chi connectivity index (χ1) is 17.0. The molecule has 2 aliphatic rings. The number of anilines is 1. The van der Waals surface area contributed by atoms with Crippen molar-refractivity contribution in [2.45, 2.75) is 32.7 Å². The molecule has 1 aliphatic heterocycles.